The summed E-state index contributed by atoms with van der Waals surface area (Å²) >= 11 is 0. The molecular weight excluding hydrogens is 580 g/mol. The Bertz CT molecular complexity index is 1390. The van der Waals surface area contributed by atoms with Gasteiger partial charge < -0.3 is 24.2 Å². The van der Waals surface area contributed by atoms with Crippen LogP contribution in [-0.4, -0.2) is 89.4 Å². The molecule has 0 radical (unpaired) electrons. The van der Waals surface area contributed by atoms with Gasteiger partial charge in [-0.05, 0) is 78.6 Å². The highest BCUT2D eigenvalue weighted by Crippen LogP contribution is 2.40. The molecule has 13 heteroatoms. The Morgan fingerprint density at radius 1 is 1.02 bits per heavy atom. The van der Waals surface area contributed by atoms with E-state index < -0.39 is 34.9 Å². The lowest BCUT2D eigenvalue weighted by molar-refractivity contribution is 0.0122. The Kier molecular flexibility index (Phi) is 8.27. The van der Waals surface area contributed by atoms with E-state index in [2.05, 4.69) is 14.8 Å². The number of hydrogen-bond acceptors (Lipinski definition) is 8. The van der Waals surface area contributed by atoms with E-state index in [1.807, 2.05) is 32.7 Å². The maximum absolute atomic E-state index is 15.0. The number of piperazine rings is 1. The van der Waals surface area contributed by atoms with E-state index in [9.17, 15) is 22.4 Å². The van der Waals surface area contributed by atoms with Gasteiger partial charge in [0.05, 0.1) is 35.6 Å². The van der Waals surface area contributed by atoms with Gasteiger partial charge >= 0.3 is 12.1 Å². The second kappa shape index (κ2) is 11.9. The molecule has 4 aliphatic heterocycles. The quantitative estimate of drug-likeness (QED) is 0.402. The van der Waals surface area contributed by atoms with Crippen LogP contribution in [0.15, 0.2) is 12.1 Å². The van der Waals surface area contributed by atoms with E-state index in [0.29, 0.717) is 37.6 Å². The number of carbonyl (C=O) groups excluding carboxylic acids is 1. The molecule has 3 saturated heterocycles. The standard InChI is InChI=1S/C31H40F4N6O3/c1-31(2,3)44-30(42)41-18-7-8-19(41)15-40(14-18)28-21-11-13-39(26-23(33)10-9-22(32)25(26)27(34)35)16-24(21)36-29(37-28)43-17-20-6-5-12-38(20)4/h9-10,18-20,27H,5-8,11-17H2,1-4H3/t18-,19+,20-/m0/s1. The van der Waals surface area contributed by atoms with Gasteiger partial charge in [-0.25, -0.2) is 22.4 Å². The molecule has 6 rings (SSSR count). The van der Waals surface area contributed by atoms with Crippen LogP contribution in [0.4, 0.5) is 33.9 Å². The number of halogens is 4. The molecule has 240 valence electrons. The lowest BCUT2D eigenvalue weighted by Crippen LogP contribution is -2.57. The molecule has 4 aliphatic rings. The highest BCUT2D eigenvalue weighted by molar-refractivity contribution is 5.70. The van der Waals surface area contributed by atoms with E-state index in [1.54, 1.807) is 0 Å². The lowest BCUT2D eigenvalue weighted by Gasteiger charge is -2.43. The van der Waals surface area contributed by atoms with E-state index >= 15 is 0 Å². The number of ether oxygens (including phenoxy) is 2. The maximum Gasteiger partial charge on any atom is 0.410 e. The Morgan fingerprint density at radius 3 is 2.36 bits per heavy atom. The molecule has 0 spiro atoms. The molecule has 0 N–H and O–H groups in total. The zero-order valence-electron chi connectivity index (χ0n) is 25.7. The van der Waals surface area contributed by atoms with E-state index in [1.165, 1.54) is 4.90 Å². The van der Waals surface area contributed by atoms with Gasteiger partial charge in [0.15, 0.2) is 0 Å². The zero-order valence-corrected chi connectivity index (χ0v) is 25.7. The molecule has 0 aliphatic carbocycles. The second-order valence-corrected chi connectivity index (χ2v) is 13.3. The summed E-state index contributed by atoms with van der Waals surface area (Å²) in [5.74, 6) is -1.37. The SMILES string of the molecule is CN1CCC[C@H]1COc1nc2c(c(N3C[C@H]4CC[C@@H](C3)N4C(=O)OC(C)(C)C)n1)CCN(c1c(F)ccc(F)c1C(F)F)C2. The van der Waals surface area contributed by atoms with E-state index in [0.717, 1.165) is 49.9 Å². The van der Waals surface area contributed by atoms with Gasteiger partial charge in [0, 0.05) is 31.2 Å². The number of aromatic nitrogens is 2. The number of hydrogen-bond donors (Lipinski definition) is 0. The lowest BCUT2D eigenvalue weighted by atomic mass is 10.0. The van der Waals surface area contributed by atoms with Crippen molar-refractivity contribution in [1.29, 1.82) is 0 Å². The number of likely N-dealkylation sites (tertiary alicyclic amines) is 1. The summed E-state index contributed by atoms with van der Waals surface area (Å²) < 4.78 is 69.1. The zero-order chi connectivity index (χ0) is 31.3. The minimum atomic E-state index is -3.18. The molecule has 0 saturated carbocycles. The van der Waals surface area contributed by atoms with Gasteiger partial charge in [0.1, 0.15) is 29.7 Å². The average Bonchev–Trinajstić information content (AvgIpc) is 3.49. The van der Waals surface area contributed by atoms with Crippen LogP contribution in [0.5, 0.6) is 6.01 Å². The summed E-state index contributed by atoms with van der Waals surface area (Å²) in [5, 5.41) is 0. The Hall–Kier alpha value is -3.35. The molecule has 1 aromatic carbocycles. The summed E-state index contributed by atoms with van der Waals surface area (Å²) in [5.41, 5.74) is -0.631. The predicted molar refractivity (Wildman–Crippen MR) is 156 cm³/mol. The van der Waals surface area contributed by atoms with Crippen molar-refractivity contribution in [2.75, 3.05) is 49.6 Å². The van der Waals surface area contributed by atoms with Crippen LogP contribution in [0.1, 0.15) is 69.7 Å². The first-order valence-corrected chi connectivity index (χ1v) is 15.4. The van der Waals surface area contributed by atoms with Gasteiger partial charge in [0.2, 0.25) is 0 Å². The van der Waals surface area contributed by atoms with Crippen LogP contribution in [-0.2, 0) is 17.7 Å². The fourth-order valence-corrected chi connectivity index (χ4v) is 7.04. The van der Waals surface area contributed by atoms with E-state index in [-0.39, 0.29) is 43.3 Å². The van der Waals surface area contributed by atoms with Crippen molar-refractivity contribution in [2.45, 2.75) is 89.6 Å². The van der Waals surface area contributed by atoms with Crippen LogP contribution < -0.4 is 14.5 Å². The van der Waals surface area contributed by atoms with E-state index in [4.69, 9.17) is 14.5 Å². The number of alkyl halides is 2. The van der Waals surface area contributed by atoms with Crippen LogP contribution >= 0.6 is 0 Å². The fourth-order valence-electron chi connectivity index (χ4n) is 7.04. The minimum Gasteiger partial charge on any atom is -0.462 e. The third-order valence-corrected chi connectivity index (χ3v) is 9.13. The molecule has 3 atom stereocenters. The van der Waals surface area contributed by atoms with Gasteiger partial charge in [-0.2, -0.15) is 9.97 Å². The van der Waals surface area contributed by atoms with Crippen LogP contribution in [0.2, 0.25) is 0 Å². The Balaban J connectivity index is 1.31. The van der Waals surface area contributed by atoms with Crippen molar-refractivity contribution < 1.29 is 31.8 Å². The number of amides is 1. The monoisotopic (exact) mass is 620 g/mol. The number of carbonyl (C=O) groups is 1. The first kappa shape index (κ1) is 30.7. The minimum absolute atomic E-state index is 0.00459. The van der Waals surface area contributed by atoms with Gasteiger partial charge in [-0.1, -0.05) is 0 Å². The third kappa shape index (κ3) is 5.99. The summed E-state index contributed by atoms with van der Waals surface area (Å²) in [7, 11) is 2.05. The number of benzene rings is 1. The third-order valence-electron chi connectivity index (χ3n) is 9.13. The summed E-state index contributed by atoms with van der Waals surface area (Å²) in [6, 6.07) is 1.88. The van der Waals surface area contributed by atoms with Crippen molar-refractivity contribution in [3.05, 3.63) is 40.6 Å². The average molecular weight is 621 g/mol. The molecule has 2 bridgehead atoms. The molecule has 44 heavy (non-hydrogen) atoms. The molecule has 1 aromatic heterocycles. The van der Waals surface area contributed by atoms with Crippen molar-refractivity contribution in [2.24, 2.45) is 0 Å². The van der Waals surface area contributed by atoms with Crippen molar-refractivity contribution >= 4 is 17.6 Å². The molecule has 9 nitrogen and oxygen atoms in total. The van der Waals surface area contributed by atoms with Crippen LogP contribution in [0.3, 0.4) is 0 Å². The summed E-state index contributed by atoms with van der Waals surface area (Å²) in [6.45, 7) is 8.19. The Labute approximate surface area is 255 Å². The molecular formula is C31H40F4N6O3. The molecule has 0 unspecified atom stereocenters. The second-order valence-electron chi connectivity index (χ2n) is 13.3. The number of rotatable bonds is 6. The highest BCUT2D eigenvalue weighted by Gasteiger charge is 2.45. The maximum atomic E-state index is 15.0. The molecule has 3 fully saturated rings. The number of anilines is 2. The summed E-state index contributed by atoms with van der Waals surface area (Å²) in [4.78, 5) is 30.3. The van der Waals surface area contributed by atoms with Gasteiger partial charge in [-0.3, -0.25) is 4.90 Å². The number of nitrogens with zero attached hydrogens (tertiary/aromatic N) is 6. The fraction of sp³-hybridized carbons (Fsp3) is 0.645. The number of likely N-dealkylation sites (N-methyl/N-ethyl adjacent to an activating group) is 1. The smallest absolute Gasteiger partial charge is 0.410 e. The predicted octanol–water partition coefficient (Wildman–Crippen LogP) is 5.32. The van der Waals surface area contributed by atoms with Crippen molar-refractivity contribution in [3.8, 4) is 6.01 Å². The highest BCUT2D eigenvalue weighted by atomic mass is 19.3. The van der Waals surface area contributed by atoms with Crippen molar-refractivity contribution in [3.63, 3.8) is 0 Å². The van der Waals surface area contributed by atoms with Gasteiger partial charge in [0.25, 0.3) is 6.43 Å². The topological polar surface area (TPSA) is 74.3 Å². The Morgan fingerprint density at radius 2 is 1.73 bits per heavy atom. The first-order valence-electron chi connectivity index (χ1n) is 15.4. The molecule has 2 aromatic rings. The first-order chi connectivity index (χ1) is 20.9. The normalized spacial score (nSPS) is 23.8. The largest absolute Gasteiger partial charge is 0.462 e. The van der Waals surface area contributed by atoms with Crippen LogP contribution in [0, 0.1) is 11.6 Å². The summed E-state index contributed by atoms with van der Waals surface area (Å²) in [6.07, 6.45) is 0.599. The molecule has 1 amide bonds. The van der Waals surface area contributed by atoms with Gasteiger partial charge in [-0.15, -0.1) is 0 Å². The number of fused-ring (bicyclic) bond motifs is 3. The van der Waals surface area contributed by atoms with Crippen molar-refractivity contribution in [1.82, 2.24) is 19.8 Å². The molecule has 5 heterocycles. The van der Waals surface area contributed by atoms with Crippen LogP contribution in [0.25, 0.3) is 0 Å².